The average molecular weight is 350 g/mol. The standard InChI is InChI=1S/C16H22N4O3S/c1-10(2)13-7-5-6-8-14(13)18-15(21)9-17-24(22,23)16-11(3)19-20-12(16)4/h5-8,10,17H,9H2,1-4H3,(H,18,21)(H,19,20). The minimum absolute atomic E-state index is 0.0814. The Morgan fingerprint density at radius 1 is 1.25 bits per heavy atom. The first-order valence-electron chi connectivity index (χ1n) is 7.62. The molecule has 0 radical (unpaired) electrons. The van der Waals surface area contributed by atoms with Crippen LogP contribution in [0.3, 0.4) is 0 Å². The number of para-hydroxylation sites is 1. The van der Waals surface area contributed by atoms with Crippen LogP contribution in [0, 0.1) is 13.8 Å². The van der Waals surface area contributed by atoms with Crippen LogP contribution in [0.4, 0.5) is 5.69 Å². The van der Waals surface area contributed by atoms with Crippen molar-refractivity contribution in [1.82, 2.24) is 14.9 Å². The van der Waals surface area contributed by atoms with Gasteiger partial charge in [0.1, 0.15) is 4.90 Å². The van der Waals surface area contributed by atoms with E-state index in [1.54, 1.807) is 19.9 Å². The molecule has 1 aromatic carbocycles. The topological polar surface area (TPSA) is 104 Å². The molecule has 0 saturated heterocycles. The molecule has 0 aliphatic rings. The van der Waals surface area contributed by atoms with Crippen molar-refractivity contribution in [2.75, 3.05) is 11.9 Å². The fourth-order valence-electron chi connectivity index (χ4n) is 2.48. The first-order valence-corrected chi connectivity index (χ1v) is 9.10. The third-order valence-electron chi connectivity index (χ3n) is 3.61. The van der Waals surface area contributed by atoms with Gasteiger partial charge in [-0.25, -0.2) is 13.1 Å². The van der Waals surface area contributed by atoms with Crippen LogP contribution in [-0.2, 0) is 14.8 Å². The fourth-order valence-corrected chi connectivity index (χ4v) is 3.83. The molecule has 1 heterocycles. The Morgan fingerprint density at radius 2 is 1.92 bits per heavy atom. The Morgan fingerprint density at radius 3 is 2.50 bits per heavy atom. The number of amides is 1. The van der Waals surface area contributed by atoms with Gasteiger partial charge in [-0.3, -0.25) is 9.89 Å². The molecular weight excluding hydrogens is 328 g/mol. The predicted molar refractivity (Wildman–Crippen MR) is 92.4 cm³/mol. The second kappa shape index (κ2) is 7.14. The summed E-state index contributed by atoms with van der Waals surface area (Å²) in [6.45, 7) is 6.92. The highest BCUT2D eigenvalue weighted by atomic mass is 32.2. The number of H-pyrrole nitrogens is 1. The van der Waals surface area contributed by atoms with Crippen LogP contribution in [0.25, 0.3) is 0 Å². The number of sulfonamides is 1. The third kappa shape index (κ3) is 4.01. The highest BCUT2D eigenvalue weighted by Gasteiger charge is 2.23. The molecule has 24 heavy (non-hydrogen) atoms. The van der Waals surface area contributed by atoms with Gasteiger partial charge in [-0.05, 0) is 31.4 Å². The van der Waals surface area contributed by atoms with Gasteiger partial charge in [-0.2, -0.15) is 5.10 Å². The van der Waals surface area contributed by atoms with Crippen LogP contribution in [0.5, 0.6) is 0 Å². The molecule has 1 aromatic heterocycles. The number of benzene rings is 1. The van der Waals surface area contributed by atoms with Gasteiger partial charge in [0.05, 0.1) is 17.9 Å². The summed E-state index contributed by atoms with van der Waals surface area (Å²) < 4.78 is 26.9. The summed E-state index contributed by atoms with van der Waals surface area (Å²) in [4.78, 5) is 12.2. The minimum Gasteiger partial charge on any atom is -0.325 e. The lowest BCUT2D eigenvalue weighted by molar-refractivity contribution is -0.115. The van der Waals surface area contributed by atoms with E-state index in [4.69, 9.17) is 0 Å². The SMILES string of the molecule is Cc1n[nH]c(C)c1S(=O)(=O)NCC(=O)Nc1ccccc1C(C)C. The zero-order valence-electron chi connectivity index (χ0n) is 14.2. The van der Waals surface area contributed by atoms with Crippen molar-refractivity contribution in [2.24, 2.45) is 0 Å². The van der Waals surface area contributed by atoms with Crippen LogP contribution in [0.1, 0.15) is 36.7 Å². The molecule has 0 spiro atoms. The number of anilines is 1. The van der Waals surface area contributed by atoms with Crippen LogP contribution in [0.2, 0.25) is 0 Å². The summed E-state index contributed by atoms with van der Waals surface area (Å²) in [7, 11) is -3.80. The molecule has 7 nitrogen and oxygen atoms in total. The highest BCUT2D eigenvalue weighted by molar-refractivity contribution is 7.89. The Bertz CT molecular complexity index is 821. The molecule has 0 atom stereocenters. The van der Waals surface area contributed by atoms with Crippen molar-refractivity contribution < 1.29 is 13.2 Å². The summed E-state index contributed by atoms with van der Waals surface area (Å²) in [5, 5.41) is 9.23. The normalized spacial score (nSPS) is 11.7. The van der Waals surface area contributed by atoms with Crippen molar-refractivity contribution in [3.8, 4) is 0 Å². The lowest BCUT2D eigenvalue weighted by Gasteiger charge is -2.14. The van der Waals surface area contributed by atoms with E-state index in [1.165, 1.54) is 0 Å². The zero-order valence-corrected chi connectivity index (χ0v) is 15.0. The molecule has 0 aliphatic heterocycles. The highest BCUT2D eigenvalue weighted by Crippen LogP contribution is 2.23. The zero-order chi connectivity index (χ0) is 17.9. The second-order valence-corrected chi connectivity index (χ2v) is 7.58. The first kappa shape index (κ1) is 18.2. The van der Waals surface area contributed by atoms with Gasteiger partial charge in [-0.15, -0.1) is 0 Å². The molecule has 2 aromatic rings. The number of hydrogen-bond acceptors (Lipinski definition) is 4. The Labute approximate surface area is 141 Å². The Kier molecular flexibility index (Phi) is 5.40. The third-order valence-corrected chi connectivity index (χ3v) is 5.27. The van der Waals surface area contributed by atoms with Crippen molar-refractivity contribution >= 4 is 21.6 Å². The van der Waals surface area contributed by atoms with Gasteiger partial charge in [0.2, 0.25) is 15.9 Å². The van der Waals surface area contributed by atoms with Gasteiger partial charge >= 0.3 is 0 Å². The van der Waals surface area contributed by atoms with Crippen LogP contribution in [0.15, 0.2) is 29.2 Å². The molecule has 0 bridgehead atoms. The van der Waals surface area contributed by atoms with E-state index in [9.17, 15) is 13.2 Å². The van der Waals surface area contributed by atoms with Crippen LogP contribution < -0.4 is 10.0 Å². The minimum atomic E-state index is -3.80. The number of aryl methyl sites for hydroxylation is 2. The lowest BCUT2D eigenvalue weighted by Crippen LogP contribution is -2.33. The number of hydrogen-bond donors (Lipinski definition) is 3. The summed E-state index contributed by atoms with van der Waals surface area (Å²) in [6.07, 6.45) is 0. The quantitative estimate of drug-likeness (QED) is 0.742. The van der Waals surface area contributed by atoms with Crippen molar-refractivity contribution in [2.45, 2.75) is 38.5 Å². The van der Waals surface area contributed by atoms with Gasteiger partial charge < -0.3 is 5.32 Å². The monoisotopic (exact) mass is 350 g/mol. The predicted octanol–water partition coefficient (Wildman–Crippen LogP) is 2.07. The number of carbonyl (C=O) groups excluding carboxylic acids is 1. The summed E-state index contributed by atoms with van der Waals surface area (Å²) in [5.74, 6) is -0.181. The van der Waals surface area contributed by atoms with Crippen LogP contribution >= 0.6 is 0 Å². The van der Waals surface area contributed by atoms with E-state index in [1.807, 2.05) is 32.0 Å². The maximum atomic E-state index is 12.3. The number of aromatic nitrogens is 2. The van der Waals surface area contributed by atoms with E-state index in [2.05, 4.69) is 20.2 Å². The lowest BCUT2D eigenvalue weighted by atomic mass is 10.0. The van der Waals surface area contributed by atoms with Crippen molar-refractivity contribution in [3.05, 3.63) is 41.2 Å². The molecule has 0 saturated carbocycles. The number of aromatic amines is 1. The van der Waals surface area contributed by atoms with Gasteiger partial charge in [-0.1, -0.05) is 32.0 Å². The molecule has 0 aliphatic carbocycles. The van der Waals surface area contributed by atoms with Crippen molar-refractivity contribution in [1.29, 1.82) is 0 Å². The maximum Gasteiger partial charge on any atom is 0.244 e. The van der Waals surface area contributed by atoms with Gasteiger partial charge in [0.15, 0.2) is 0 Å². The molecule has 0 unspecified atom stereocenters. The smallest absolute Gasteiger partial charge is 0.244 e. The summed E-state index contributed by atoms with van der Waals surface area (Å²) in [5.41, 5.74) is 2.48. The number of carbonyl (C=O) groups is 1. The number of nitrogens with one attached hydrogen (secondary N) is 3. The number of rotatable bonds is 6. The van der Waals surface area contributed by atoms with E-state index < -0.39 is 15.9 Å². The maximum absolute atomic E-state index is 12.3. The molecule has 2 rings (SSSR count). The summed E-state index contributed by atoms with van der Waals surface area (Å²) >= 11 is 0. The largest absolute Gasteiger partial charge is 0.325 e. The first-order chi connectivity index (χ1) is 11.2. The molecule has 1 amide bonds. The Hall–Kier alpha value is -2.19. The van der Waals surface area contributed by atoms with Gasteiger partial charge in [0, 0.05) is 5.69 Å². The molecular formula is C16H22N4O3S. The van der Waals surface area contributed by atoms with Gasteiger partial charge in [0.25, 0.3) is 0 Å². The molecule has 8 heteroatoms. The van der Waals surface area contributed by atoms with E-state index in [-0.39, 0.29) is 17.4 Å². The average Bonchev–Trinajstić information content (AvgIpc) is 2.85. The Balaban J connectivity index is 2.07. The van der Waals surface area contributed by atoms with Crippen LogP contribution in [-0.4, -0.2) is 31.1 Å². The second-order valence-electron chi connectivity index (χ2n) is 5.88. The van der Waals surface area contributed by atoms with E-state index in [0.717, 1.165) is 5.56 Å². The number of nitrogens with zero attached hydrogens (tertiary/aromatic N) is 1. The molecule has 3 N–H and O–H groups in total. The molecule has 130 valence electrons. The fraction of sp³-hybridized carbons (Fsp3) is 0.375. The molecule has 0 fully saturated rings. The van der Waals surface area contributed by atoms with E-state index >= 15 is 0 Å². The van der Waals surface area contributed by atoms with Crippen molar-refractivity contribution in [3.63, 3.8) is 0 Å². The van der Waals surface area contributed by atoms with E-state index in [0.29, 0.717) is 17.1 Å². The summed E-state index contributed by atoms with van der Waals surface area (Å²) in [6, 6.07) is 7.46.